The van der Waals surface area contributed by atoms with Crippen LogP contribution >= 0.6 is 0 Å². The molecule has 5 aliphatic rings. The van der Waals surface area contributed by atoms with Gasteiger partial charge in [-0.1, -0.05) is 19.9 Å². The van der Waals surface area contributed by atoms with E-state index in [-0.39, 0.29) is 42.5 Å². The van der Waals surface area contributed by atoms with Crippen LogP contribution in [0.5, 0.6) is 0 Å². The Balaban J connectivity index is 1.89. The number of ether oxygens (including phenoxy) is 2. The molecule has 176 valence electrons. The lowest BCUT2D eigenvalue weighted by Gasteiger charge is -2.68. The molecule has 0 amide bonds. The number of hydrogen-bond acceptors (Lipinski definition) is 7. The molecule has 5 rings (SSSR count). The van der Waals surface area contributed by atoms with Gasteiger partial charge >= 0.3 is 11.9 Å². The van der Waals surface area contributed by atoms with Crippen molar-refractivity contribution in [2.24, 2.45) is 39.9 Å². The Kier molecular flexibility index (Phi) is 5.63. The standard InChI is InChI=1S/C25H34O7/c1-14-17-6-9-25(21(14)29)19(10-17)24(13-32-16(3)28)8-5-7-23(4,12-31-15(2)27)20(24)18(11-26)22(25)30/h17-20,26H,1,5-13H2,2-4H3/t17-,18?,19?,20?,23?,24?,25?/m0/s1. The summed E-state index contributed by atoms with van der Waals surface area (Å²) in [7, 11) is 0. The van der Waals surface area contributed by atoms with E-state index < -0.39 is 40.7 Å². The maximum Gasteiger partial charge on any atom is 0.302 e. The Labute approximate surface area is 188 Å². The molecule has 5 fully saturated rings. The third-order valence-corrected chi connectivity index (χ3v) is 9.17. The summed E-state index contributed by atoms with van der Waals surface area (Å²) in [5, 5.41) is 10.5. The molecule has 1 spiro atoms. The van der Waals surface area contributed by atoms with Crippen molar-refractivity contribution in [3.63, 3.8) is 0 Å². The predicted molar refractivity (Wildman–Crippen MR) is 114 cm³/mol. The van der Waals surface area contributed by atoms with Crippen LogP contribution in [-0.2, 0) is 28.7 Å². The quantitative estimate of drug-likeness (QED) is 0.393. The van der Waals surface area contributed by atoms with Gasteiger partial charge in [-0.2, -0.15) is 0 Å². The molecule has 0 aromatic carbocycles. The van der Waals surface area contributed by atoms with Crippen LogP contribution in [0.3, 0.4) is 0 Å². The zero-order valence-electron chi connectivity index (χ0n) is 19.3. The number of carbonyl (C=O) groups excluding carboxylic acids is 4. The molecular weight excluding hydrogens is 412 g/mol. The Hall–Kier alpha value is -2.02. The van der Waals surface area contributed by atoms with Crippen LogP contribution in [0.15, 0.2) is 12.2 Å². The Morgan fingerprint density at radius 1 is 1.09 bits per heavy atom. The molecule has 6 unspecified atom stereocenters. The van der Waals surface area contributed by atoms with E-state index in [0.29, 0.717) is 24.8 Å². The number of allylic oxidation sites excluding steroid dienone is 1. The highest BCUT2D eigenvalue weighted by atomic mass is 16.5. The van der Waals surface area contributed by atoms with Gasteiger partial charge in [0, 0.05) is 30.6 Å². The fraction of sp³-hybridized carbons (Fsp3) is 0.760. The molecule has 7 nitrogen and oxygen atoms in total. The second kappa shape index (κ2) is 7.79. The molecule has 0 radical (unpaired) electrons. The number of ketones is 2. The first kappa shape index (κ1) is 23.1. The highest BCUT2D eigenvalue weighted by molar-refractivity contribution is 6.17. The number of rotatable bonds is 5. The minimum absolute atomic E-state index is 0.0318. The van der Waals surface area contributed by atoms with Crippen molar-refractivity contribution < 1.29 is 33.8 Å². The van der Waals surface area contributed by atoms with Crippen LogP contribution < -0.4 is 0 Å². The lowest BCUT2D eigenvalue weighted by molar-refractivity contribution is -0.223. The van der Waals surface area contributed by atoms with Crippen LogP contribution in [0.1, 0.15) is 59.3 Å². The van der Waals surface area contributed by atoms with Crippen molar-refractivity contribution in [1.29, 1.82) is 0 Å². The van der Waals surface area contributed by atoms with Gasteiger partial charge in [0.25, 0.3) is 0 Å². The van der Waals surface area contributed by atoms with Gasteiger partial charge in [0.15, 0.2) is 11.6 Å². The summed E-state index contributed by atoms with van der Waals surface area (Å²) < 4.78 is 11.1. The average Bonchev–Trinajstić information content (AvgIpc) is 2.75. The predicted octanol–water partition coefficient (Wildman–Crippen LogP) is 2.64. The SMILES string of the molecule is C=C1C(=O)C23CC[C@H]1CC2C1(COC(C)=O)CCCC(C)(COC(C)=O)C1C(CO)C3=O. The molecule has 32 heavy (non-hydrogen) atoms. The number of carbonyl (C=O) groups is 4. The monoisotopic (exact) mass is 446 g/mol. The molecule has 7 atom stereocenters. The van der Waals surface area contributed by atoms with Crippen LogP contribution in [0, 0.1) is 39.9 Å². The normalized spacial score (nSPS) is 42.8. The van der Waals surface area contributed by atoms with Gasteiger partial charge in [-0.3, -0.25) is 19.2 Å². The summed E-state index contributed by atoms with van der Waals surface area (Å²) in [4.78, 5) is 51.2. The van der Waals surface area contributed by atoms with Crippen molar-refractivity contribution in [2.75, 3.05) is 19.8 Å². The van der Waals surface area contributed by atoms with Gasteiger partial charge in [-0.05, 0) is 55.4 Å². The number of esters is 2. The van der Waals surface area contributed by atoms with Gasteiger partial charge in [-0.25, -0.2) is 0 Å². The summed E-state index contributed by atoms with van der Waals surface area (Å²) in [5.74, 6) is -2.58. The molecule has 5 saturated carbocycles. The second-order valence-electron chi connectivity index (χ2n) is 10.8. The summed E-state index contributed by atoms with van der Waals surface area (Å²) in [5.41, 5.74) is -1.90. The van der Waals surface area contributed by atoms with E-state index in [2.05, 4.69) is 6.58 Å². The second-order valence-corrected chi connectivity index (χ2v) is 10.8. The number of aliphatic hydroxyl groups is 1. The lowest BCUT2D eigenvalue weighted by Crippen LogP contribution is -2.72. The van der Waals surface area contributed by atoms with Gasteiger partial charge in [0.2, 0.25) is 0 Å². The topological polar surface area (TPSA) is 107 Å². The third kappa shape index (κ3) is 3.03. The fourth-order valence-electron chi connectivity index (χ4n) is 8.07. The maximum absolute atomic E-state index is 14.0. The number of fused-ring (bicyclic) bond motifs is 3. The van der Waals surface area contributed by atoms with Gasteiger partial charge < -0.3 is 14.6 Å². The molecule has 7 heteroatoms. The van der Waals surface area contributed by atoms with E-state index in [1.807, 2.05) is 6.92 Å². The van der Waals surface area contributed by atoms with Crippen LogP contribution in [-0.4, -0.2) is 48.4 Å². The van der Waals surface area contributed by atoms with Crippen molar-refractivity contribution in [3.8, 4) is 0 Å². The minimum atomic E-state index is -1.20. The number of Topliss-reactive ketones (excluding diaryl/α,β-unsaturated/α-hetero) is 2. The molecule has 0 aromatic heterocycles. The van der Waals surface area contributed by atoms with E-state index >= 15 is 0 Å². The first-order chi connectivity index (χ1) is 15.0. The van der Waals surface area contributed by atoms with Crippen LogP contribution in [0.25, 0.3) is 0 Å². The third-order valence-electron chi connectivity index (χ3n) is 9.17. The van der Waals surface area contributed by atoms with Gasteiger partial charge in [0.05, 0.1) is 25.2 Å². The zero-order valence-corrected chi connectivity index (χ0v) is 19.3. The Bertz CT molecular complexity index is 878. The van der Waals surface area contributed by atoms with Crippen molar-refractivity contribution in [1.82, 2.24) is 0 Å². The molecule has 2 bridgehead atoms. The molecule has 0 aromatic rings. The highest BCUT2D eigenvalue weighted by Gasteiger charge is 2.74. The molecular formula is C25H34O7. The van der Waals surface area contributed by atoms with E-state index in [1.165, 1.54) is 13.8 Å². The average molecular weight is 447 g/mol. The van der Waals surface area contributed by atoms with E-state index in [1.54, 1.807) is 0 Å². The van der Waals surface area contributed by atoms with E-state index in [0.717, 1.165) is 19.3 Å². The van der Waals surface area contributed by atoms with Crippen LogP contribution in [0.2, 0.25) is 0 Å². The molecule has 0 aliphatic heterocycles. The van der Waals surface area contributed by atoms with Gasteiger partial charge in [-0.15, -0.1) is 0 Å². The van der Waals surface area contributed by atoms with Crippen molar-refractivity contribution in [3.05, 3.63) is 12.2 Å². The molecule has 0 heterocycles. The molecule has 0 saturated heterocycles. The number of aliphatic hydroxyl groups excluding tert-OH is 1. The van der Waals surface area contributed by atoms with E-state index in [4.69, 9.17) is 9.47 Å². The highest BCUT2D eigenvalue weighted by Crippen LogP contribution is 2.71. The summed E-state index contributed by atoms with van der Waals surface area (Å²) in [6.45, 7) is 8.57. The Morgan fingerprint density at radius 2 is 1.75 bits per heavy atom. The zero-order chi connectivity index (χ0) is 23.5. The first-order valence-corrected chi connectivity index (χ1v) is 11.7. The molecule has 1 N–H and O–H groups in total. The minimum Gasteiger partial charge on any atom is -0.465 e. The van der Waals surface area contributed by atoms with Crippen molar-refractivity contribution in [2.45, 2.75) is 59.3 Å². The Morgan fingerprint density at radius 3 is 2.38 bits per heavy atom. The molecule has 5 aliphatic carbocycles. The first-order valence-electron chi connectivity index (χ1n) is 11.7. The summed E-state index contributed by atoms with van der Waals surface area (Å²) in [6.07, 6.45) is 4.09. The van der Waals surface area contributed by atoms with Gasteiger partial charge in [0.1, 0.15) is 0 Å². The fourth-order valence-corrected chi connectivity index (χ4v) is 8.07. The lowest BCUT2D eigenvalue weighted by atomic mass is 9.34. The summed E-state index contributed by atoms with van der Waals surface area (Å²) >= 11 is 0. The smallest absolute Gasteiger partial charge is 0.302 e. The van der Waals surface area contributed by atoms with Crippen molar-refractivity contribution >= 4 is 23.5 Å². The van der Waals surface area contributed by atoms with Crippen LogP contribution in [0.4, 0.5) is 0 Å². The largest absolute Gasteiger partial charge is 0.465 e. The maximum atomic E-state index is 14.0. The van der Waals surface area contributed by atoms with E-state index in [9.17, 15) is 24.3 Å². The summed E-state index contributed by atoms with van der Waals surface area (Å²) in [6, 6.07) is 0. The number of hydrogen-bond donors (Lipinski definition) is 1.